The molecule has 2 unspecified atom stereocenters. The summed E-state index contributed by atoms with van der Waals surface area (Å²) in [6.45, 7) is 21.8. The van der Waals surface area contributed by atoms with Gasteiger partial charge in [0, 0.05) is 106 Å². The third kappa shape index (κ3) is 20.2. The van der Waals surface area contributed by atoms with Crippen LogP contribution < -0.4 is 5.46 Å². The first-order valence-corrected chi connectivity index (χ1v) is 32.1. The molecule has 4 heterocycles. The average molecular weight is 1300 g/mol. The number of hydrogen-bond donors (Lipinski definition) is 4. The van der Waals surface area contributed by atoms with Gasteiger partial charge in [0.1, 0.15) is 22.9 Å². The molecule has 90 heavy (non-hydrogen) atoms. The lowest BCUT2D eigenvalue weighted by Gasteiger charge is -2.39. The van der Waals surface area contributed by atoms with E-state index in [1.165, 1.54) is 44.0 Å². The van der Waals surface area contributed by atoms with E-state index in [0.717, 1.165) is 77.6 Å². The SMILES string of the molecule is COC(=O)c1ccc(B(O)O)cc1.COCCCn1c(C(C)(C)C)cnc1C1(O)CCCN(C(=O)C[C@H](C)Cc2ccc(-c3ccc(C(=O)OC)cc3)cc2)C1.COCCCn1c(C(C)(C)C)cnc1C1(O)CCCN(C(=O)C[C@H](C)Cc2ccc(Br)cc2)C1. The van der Waals surface area contributed by atoms with Crippen molar-refractivity contribution in [2.75, 3.05) is 67.8 Å². The van der Waals surface area contributed by atoms with Gasteiger partial charge in [0.25, 0.3) is 0 Å². The largest absolute Gasteiger partial charge is 0.488 e. The fraction of sp³-hybridized carbons (Fsp3) is 0.514. The molecule has 8 rings (SSSR count). The third-order valence-electron chi connectivity index (χ3n) is 16.5. The van der Waals surface area contributed by atoms with E-state index in [1.807, 2.05) is 46.5 Å². The Morgan fingerprint density at radius 1 is 0.578 bits per heavy atom. The zero-order valence-electron chi connectivity index (χ0n) is 55.0. The minimum Gasteiger partial charge on any atom is -0.465 e. The number of halogens is 1. The van der Waals surface area contributed by atoms with E-state index < -0.39 is 24.3 Å². The van der Waals surface area contributed by atoms with E-state index in [0.29, 0.717) is 93.3 Å². The number of esters is 2. The van der Waals surface area contributed by atoms with Gasteiger partial charge >= 0.3 is 19.1 Å². The maximum atomic E-state index is 13.5. The summed E-state index contributed by atoms with van der Waals surface area (Å²) in [5, 5.41) is 41.2. The summed E-state index contributed by atoms with van der Waals surface area (Å²) in [7, 11) is 4.56. The van der Waals surface area contributed by atoms with Crippen molar-refractivity contribution in [1.82, 2.24) is 28.9 Å². The van der Waals surface area contributed by atoms with E-state index in [2.05, 4.69) is 122 Å². The van der Waals surface area contributed by atoms with Crippen molar-refractivity contribution in [3.8, 4) is 11.1 Å². The molecule has 18 nitrogen and oxygen atoms in total. The number of ether oxygens (including phenoxy) is 4. The smallest absolute Gasteiger partial charge is 0.465 e. The second-order valence-electron chi connectivity index (χ2n) is 26.2. The zero-order valence-corrected chi connectivity index (χ0v) is 56.6. The molecule has 0 aliphatic carbocycles. The highest BCUT2D eigenvalue weighted by Crippen LogP contribution is 2.37. The van der Waals surface area contributed by atoms with Crippen molar-refractivity contribution in [1.29, 1.82) is 0 Å². The van der Waals surface area contributed by atoms with Crippen LogP contribution in [-0.2, 0) is 76.5 Å². The van der Waals surface area contributed by atoms with Gasteiger partial charge in [-0.15, -0.1) is 0 Å². The Balaban J connectivity index is 0.000000243. The Labute approximate surface area is 541 Å². The van der Waals surface area contributed by atoms with Gasteiger partial charge < -0.3 is 58.1 Å². The number of aromatic nitrogens is 4. The topological polar surface area (TPSA) is 228 Å². The van der Waals surface area contributed by atoms with Crippen molar-refractivity contribution >= 4 is 52.3 Å². The molecular weight excluding hydrogens is 1210 g/mol. The molecule has 4 N–H and O–H groups in total. The van der Waals surface area contributed by atoms with E-state index >= 15 is 0 Å². The summed E-state index contributed by atoms with van der Waals surface area (Å²) in [6, 6.07) is 29.8. The highest BCUT2D eigenvalue weighted by molar-refractivity contribution is 9.10. The molecule has 2 aliphatic rings. The van der Waals surface area contributed by atoms with Crippen LogP contribution in [0.4, 0.5) is 0 Å². The van der Waals surface area contributed by atoms with Crippen LogP contribution in [0.25, 0.3) is 11.1 Å². The number of rotatable bonds is 22. The number of hydrogen-bond acceptors (Lipinski definition) is 14. The monoisotopic (exact) mass is 1300 g/mol. The molecule has 4 atom stereocenters. The molecule has 2 fully saturated rings. The molecule has 6 aromatic rings. The normalized spacial score (nSPS) is 17.5. The van der Waals surface area contributed by atoms with Gasteiger partial charge in [-0.2, -0.15) is 0 Å². The number of amides is 2. The first-order valence-electron chi connectivity index (χ1n) is 31.3. The van der Waals surface area contributed by atoms with E-state index in [4.69, 9.17) is 34.2 Å². The molecule has 0 bridgehead atoms. The number of methoxy groups -OCH3 is 4. The predicted molar refractivity (Wildman–Crippen MR) is 354 cm³/mol. The average Bonchev–Trinajstić information content (AvgIpc) is 1.70. The van der Waals surface area contributed by atoms with Gasteiger partial charge in [-0.05, 0) is 127 Å². The summed E-state index contributed by atoms with van der Waals surface area (Å²) < 4.78 is 25.2. The van der Waals surface area contributed by atoms with Gasteiger partial charge in [0.2, 0.25) is 11.8 Å². The maximum absolute atomic E-state index is 13.5. The third-order valence-corrected chi connectivity index (χ3v) is 17.1. The number of β-amino-alcohol motifs (C(OH)–C–C–N with tert-alkyl or cyclic N) is 2. The van der Waals surface area contributed by atoms with Gasteiger partial charge in [-0.3, -0.25) is 9.59 Å². The number of benzene rings is 4. The molecule has 20 heteroatoms. The van der Waals surface area contributed by atoms with Crippen LogP contribution in [0, 0.1) is 11.8 Å². The van der Waals surface area contributed by atoms with Crippen molar-refractivity contribution in [2.45, 2.75) is 155 Å². The number of nitrogens with zero attached hydrogens (tertiary/aromatic N) is 6. The second kappa shape index (κ2) is 33.2. The summed E-state index contributed by atoms with van der Waals surface area (Å²) in [6.07, 6.45) is 10.6. The summed E-state index contributed by atoms with van der Waals surface area (Å²) >= 11 is 3.47. The number of carbonyl (C=O) groups is 4. The lowest BCUT2D eigenvalue weighted by molar-refractivity contribution is -0.141. The number of carbonyl (C=O) groups excluding carboxylic acids is 4. The summed E-state index contributed by atoms with van der Waals surface area (Å²) in [5.41, 5.74) is 5.35. The first-order chi connectivity index (χ1) is 42.6. The molecule has 4 aromatic carbocycles. The van der Waals surface area contributed by atoms with Crippen molar-refractivity contribution in [2.24, 2.45) is 11.8 Å². The van der Waals surface area contributed by atoms with Gasteiger partial charge in [-0.1, -0.05) is 132 Å². The maximum Gasteiger partial charge on any atom is 0.488 e. The Bertz CT molecular complexity index is 3250. The van der Waals surface area contributed by atoms with Crippen LogP contribution in [0.3, 0.4) is 0 Å². The highest BCUT2D eigenvalue weighted by Gasteiger charge is 2.43. The molecule has 2 amide bonds. The quantitative estimate of drug-likeness (QED) is 0.0282. The van der Waals surface area contributed by atoms with Gasteiger partial charge in [0.15, 0.2) is 0 Å². The molecule has 0 spiro atoms. The van der Waals surface area contributed by atoms with E-state index in [1.54, 1.807) is 26.4 Å². The van der Waals surface area contributed by atoms with Crippen LogP contribution in [0.15, 0.2) is 114 Å². The molecule has 488 valence electrons. The Hall–Kier alpha value is -6.52. The Morgan fingerprint density at radius 3 is 1.30 bits per heavy atom. The number of likely N-dealkylation sites (tertiary alicyclic amines) is 2. The fourth-order valence-corrected chi connectivity index (χ4v) is 12.1. The minimum atomic E-state index is -1.51. The van der Waals surface area contributed by atoms with Crippen LogP contribution in [-0.4, -0.2) is 148 Å². The zero-order chi connectivity index (χ0) is 66.0. The molecular formula is C70H96BBrN6O12. The summed E-state index contributed by atoms with van der Waals surface area (Å²) in [4.78, 5) is 62.4. The number of aliphatic hydroxyl groups is 2. The van der Waals surface area contributed by atoms with Crippen molar-refractivity contribution in [3.05, 3.63) is 159 Å². The van der Waals surface area contributed by atoms with Crippen LogP contribution >= 0.6 is 15.9 Å². The highest BCUT2D eigenvalue weighted by atomic mass is 79.9. The second-order valence-corrected chi connectivity index (χ2v) is 27.2. The van der Waals surface area contributed by atoms with Gasteiger partial charge in [-0.25, -0.2) is 19.6 Å². The van der Waals surface area contributed by atoms with Crippen LogP contribution in [0.1, 0.15) is 162 Å². The minimum absolute atomic E-state index is 0.0708. The molecule has 0 radical (unpaired) electrons. The molecule has 2 aromatic heterocycles. The summed E-state index contributed by atoms with van der Waals surface area (Å²) in [5.74, 6) is 1.09. The Morgan fingerprint density at radius 2 is 0.944 bits per heavy atom. The standard InChI is InChI=1S/C35H47N3O5.C27H40BrN3O3.C8H9BO4/c1-25(21-26-9-11-27(12-10-26)28-13-15-29(16-14-28)32(40)43-6)22-31(39)37-18-7-17-35(41,24-37)33-36-23-30(34(2,3)4)38(33)19-8-20-42-5;1-20(16-21-8-10-22(28)11-9-21)17-24(32)30-13-6-12-27(33,19-30)25-29-18-23(26(2,3)4)31(25)14-7-15-34-5;1-13-8(10)6-2-4-7(5-3-6)9(11)12/h9-16,23,25,41H,7-8,17-22,24H2,1-6H3;8-11,18,20,33H,6-7,12-17,19H2,1-5H3;2-5,11-12H,1H3/t25-,35?;20-,27?;/m11./s1. The van der Waals surface area contributed by atoms with Crippen LogP contribution in [0.2, 0.25) is 0 Å². The van der Waals surface area contributed by atoms with Crippen molar-refractivity contribution in [3.63, 3.8) is 0 Å². The molecule has 2 saturated heterocycles. The first kappa shape index (κ1) is 72.5. The van der Waals surface area contributed by atoms with Crippen molar-refractivity contribution < 1.29 is 58.4 Å². The van der Waals surface area contributed by atoms with Crippen LogP contribution in [0.5, 0.6) is 0 Å². The van der Waals surface area contributed by atoms with E-state index in [9.17, 15) is 29.4 Å². The lowest BCUT2D eigenvalue weighted by atomic mass is 9.80. The predicted octanol–water partition coefficient (Wildman–Crippen LogP) is 9.96. The fourth-order valence-electron chi connectivity index (χ4n) is 11.8. The molecule has 2 aliphatic heterocycles. The Kier molecular flexibility index (Phi) is 26.7. The molecule has 0 saturated carbocycles. The lowest BCUT2D eigenvalue weighted by Crippen LogP contribution is -2.50. The van der Waals surface area contributed by atoms with E-state index in [-0.39, 0.29) is 47.0 Å². The number of imidazole rings is 2. The van der Waals surface area contributed by atoms with Gasteiger partial charge in [0.05, 0.1) is 38.4 Å². The number of piperidine rings is 2.